The van der Waals surface area contributed by atoms with Gasteiger partial charge in [-0.2, -0.15) is 0 Å². The first kappa shape index (κ1) is 13.9. The fraction of sp³-hybridized carbons (Fsp3) is 0.500. The Kier molecular flexibility index (Phi) is 6.51. The van der Waals surface area contributed by atoms with Crippen LogP contribution in [0.1, 0.15) is 31.4 Å². The van der Waals surface area contributed by atoms with E-state index in [2.05, 4.69) is 5.32 Å². The average Bonchev–Trinajstić information content (AvgIpc) is 2.34. The lowest BCUT2D eigenvalue weighted by atomic mass is 10.0. The van der Waals surface area contributed by atoms with Gasteiger partial charge < -0.3 is 10.1 Å². The lowest BCUT2D eigenvalue weighted by molar-refractivity contribution is -0.119. The quantitative estimate of drug-likeness (QED) is 0.703. The van der Waals surface area contributed by atoms with Crippen LogP contribution in [0.3, 0.4) is 0 Å². The van der Waals surface area contributed by atoms with Crippen molar-refractivity contribution >= 4 is 5.78 Å². The summed E-state index contributed by atoms with van der Waals surface area (Å²) in [4.78, 5) is 11.6. The van der Waals surface area contributed by atoms with Gasteiger partial charge in [0.05, 0.1) is 6.04 Å². The van der Waals surface area contributed by atoms with E-state index in [0.717, 1.165) is 31.6 Å². The molecule has 0 saturated carbocycles. The second-order valence-corrected chi connectivity index (χ2v) is 4.11. The number of hydrogen-bond acceptors (Lipinski definition) is 3. The van der Waals surface area contributed by atoms with Crippen molar-refractivity contribution in [2.45, 2.75) is 25.8 Å². The zero-order chi connectivity index (χ0) is 12.5. The van der Waals surface area contributed by atoms with Crippen molar-refractivity contribution in [3.05, 3.63) is 35.9 Å². The molecule has 0 saturated heterocycles. The van der Waals surface area contributed by atoms with Gasteiger partial charge in [0.25, 0.3) is 0 Å². The lowest BCUT2D eigenvalue weighted by Crippen LogP contribution is -2.28. The Hall–Kier alpha value is -1.19. The van der Waals surface area contributed by atoms with Crippen molar-refractivity contribution in [3.8, 4) is 0 Å². The minimum Gasteiger partial charge on any atom is -0.385 e. The summed E-state index contributed by atoms with van der Waals surface area (Å²) in [7, 11) is 1.70. The number of nitrogens with one attached hydrogen (secondary N) is 1. The Morgan fingerprint density at radius 1 is 1.29 bits per heavy atom. The van der Waals surface area contributed by atoms with E-state index in [1.165, 1.54) is 0 Å². The van der Waals surface area contributed by atoms with Gasteiger partial charge >= 0.3 is 0 Å². The van der Waals surface area contributed by atoms with E-state index in [1.807, 2.05) is 30.3 Å². The number of ketones is 1. The maximum atomic E-state index is 11.6. The first-order valence-electron chi connectivity index (χ1n) is 6.03. The van der Waals surface area contributed by atoms with E-state index in [9.17, 15) is 4.79 Å². The van der Waals surface area contributed by atoms with E-state index in [1.54, 1.807) is 14.0 Å². The third kappa shape index (κ3) is 5.11. The van der Waals surface area contributed by atoms with E-state index < -0.39 is 0 Å². The van der Waals surface area contributed by atoms with E-state index >= 15 is 0 Å². The zero-order valence-electron chi connectivity index (χ0n) is 10.6. The van der Waals surface area contributed by atoms with Crippen molar-refractivity contribution in [1.29, 1.82) is 0 Å². The minimum atomic E-state index is -0.182. The molecule has 1 aromatic rings. The molecule has 0 fully saturated rings. The first-order valence-corrected chi connectivity index (χ1v) is 6.03. The number of benzene rings is 1. The molecule has 0 amide bonds. The van der Waals surface area contributed by atoms with Crippen LogP contribution in [0.5, 0.6) is 0 Å². The van der Waals surface area contributed by atoms with Gasteiger partial charge in [-0.1, -0.05) is 30.3 Å². The second-order valence-electron chi connectivity index (χ2n) is 4.11. The van der Waals surface area contributed by atoms with Gasteiger partial charge in [0, 0.05) is 13.7 Å². The molecule has 1 aromatic carbocycles. The highest BCUT2D eigenvalue weighted by molar-refractivity contribution is 5.82. The molecule has 0 bridgehead atoms. The number of Topliss-reactive ketones (excluding diaryl/α,β-unsaturated/α-hetero) is 1. The molecule has 0 aliphatic carbocycles. The number of methoxy groups -OCH3 is 1. The van der Waals surface area contributed by atoms with E-state index in [0.29, 0.717) is 0 Å². The van der Waals surface area contributed by atoms with Crippen LogP contribution in [0.25, 0.3) is 0 Å². The van der Waals surface area contributed by atoms with Gasteiger partial charge in [-0.25, -0.2) is 0 Å². The summed E-state index contributed by atoms with van der Waals surface area (Å²) >= 11 is 0. The Balaban J connectivity index is 2.42. The standard InChI is InChI=1S/C14H21NO2/c1-12(16)14(13-8-4-3-5-9-13)15-10-6-7-11-17-2/h3-5,8-9,14-15H,6-7,10-11H2,1-2H3. The molecule has 1 rings (SSSR count). The fourth-order valence-electron chi connectivity index (χ4n) is 1.76. The molecule has 17 heavy (non-hydrogen) atoms. The summed E-state index contributed by atoms with van der Waals surface area (Å²) in [5.74, 6) is 0.156. The Labute approximate surface area is 103 Å². The average molecular weight is 235 g/mol. The molecule has 0 aliphatic rings. The number of carbonyl (C=O) groups is 1. The van der Waals surface area contributed by atoms with Crippen LogP contribution in [0.15, 0.2) is 30.3 Å². The molecule has 0 aliphatic heterocycles. The molecule has 0 aromatic heterocycles. The van der Waals surface area contributed by atoms with Crippen LogP contribution in [0.2, 0.25) is 0 Å². The highest BCUT2D eigenvalue weighted by Crippen LogP contribution is 2.13. The first-order chi connectivity index (χ1) is 8.25. The summed E-state index contributed by atoms with van der Waals surface area (Å²) < 4.78 is 4.99. The van der Waals surface area contributed by atoms with Crippen LogP contribution in [0, 0.1) is 0 Å². The molecule has 1 unspecified atom stereocenters. The van der Waals surface area contributed by atoms with Crippen molar-refractivity contribution in [1.82, 2.24) is 5.32 Å². The number of hydrogen-bond donors (Lipinski definition) is 1. The number of rotatable bonds is 8. The third-order valence-corrected chi connectivity index (χ3v) is 2.66. The Bertz CT molecular complexity index is 324. The molecule has 3 nitrogen and oxygen atoms in total. The molecule has 1 N–H and O–H groups in total. The molecular formula is C14H21NO2. The Morgan fingerprint density at radius 3 is 2.59 bits per heavy atom. The number of ether oxygens (including phenoxy) is 1. The van der Waals surface area contributed by atoms with Gasteiger partial charge in [-0.3, -0.25) is 4.79 Å². The second kappa shape index (κ2) is 7.98. The van der Waals surface area contributed by atoms with Gasteiger partial charge in [0.1, 0.15) is 0 Å². The normalized spacial score (nSPS) is 12.4. The molecule has 0 radical (unpaired) electrons. The highest BCUT2D eigenvalue weighted by atomic mass is 16.5. The number of unbranched alkanes of at least 4 members (excludes halogenated alkanes) is 1. The molecule has 0 heterocycles. The van der Waals surface area contributed by atoms with E-state index in [4.69, 9.17) is 4.74 Å². The van der Waals surface area contributed by atoms with Crippen LogP contribution in [0.4, 0.5) is 0 Å². The summed E-state index contributed by atoms with van der Waals surface area (Å²) in [5.41, 5.74) is 1.03. The third-order valence-electron chi connectivity index (χ3n) is 2.66. The number of carbonyl (C=O) groups excluding carboxylic acids is 1. The molecule has 1 atom stereocenters. The monoisotopic (exact) mass is 235 g/mol. The summed E-state index contributed by atoms with van der Waals surface area (Å²) in [6, 6.07) is 9.65. The summed E-state index contributed by atoms with van der Waals surface area (Å²) in [6.07, 6.45) is 2.04. The van der Waals surface area contributed by atoms with Crippen LogP contribution in [-0.2, 0) is 9.53 Å². The predicted octanol–water partition coefficient (Wildman–Crippen LogP) is 2.33. The lowest BCUT2D eigenvalue weighted by Gasteiger charge is -2.16. The minimum absolute atomic E-state index is 0.156. The molecular weight excluding hydrogens is 214 g/mol. The van der Waals surface area contributed by atoms with Crippen LogP contribution < -0.4 is 5.32 Å². The smallest absolute Gasteiger partial charge is 0.151 e. The SMILES string of the molecule is COCCCCNC(C(C)=O)c1ccccc1. The highest BCUT2D eigenvalue weighted by Gasteiger charge is 2.14. The predicted molar refractivity (Wildman–Crippen MR) is 69.0 cm³/mol. The van der Waals surface area contributed by atoms with Crippen LogP contribution >= 0.6 is 0 Å². The maximum Gasteiger partial charge on any atom is 0.151 e. The van der Waals surface area contributed by atoms with Crippen LogP contribution in [-0.4, -0.2) is 26.0 Å². The maximum absolute atomic E-state index is 11.6. The van der Waals surface area contributed by atoms with Gasteiger partial charge in [-0.15, -0.1) is 0 Å². The largest absolute Gasteiger partial charge is 0.385 e. The zero-order valence-corrected chi connectivity index (χ0v) is 10.6. The summed E-state index contributed by atoms with van der Waals surface area (Å²) in [5, 5.41) is 3.29. The molecule has 0 spiro atoms. The Morgan fingerprint density at radius 2 is 2.00 bits per heavy atom. The van der Waals surface area contributed by atoms with Gasteiger partial charge in [-0.05, 0) is 31.9 Å². The van der Waals surface area contributed by atoms with Crippen molar-refractivity contribution in [2.75, 3.05) is 20.3 Å². The topological polar surface area (TPSA) is 38.3 Å². The van der Waals surface area contributed by atoms with Crippen molar-refractivity contribution < 1.29 is 9.53 Å². The fourth-order valence-corrected chi connectivity index (χ4v) is 1.76. The van der Waals surface area contributed by atoms with Crippen molar-refractivity contribution in [3.63, 3.8) is 0 Å². The summed E-state index contributed by atoms with van der Waals surface area (Å²) in [6.45, 7) is 3.24. The van der Waals surface area contributed by atoms with Gasteiger partial charge in [0.15, 0.2) is 5.78 Å². The molecule has 3 heteroatoms. The van der Waals surface area contributed by atoms with E-state index in [-0.39, 0.29) is 11.8 Å². The van der Waals surface area contributed by atoms with Gasteiger partial charge in [0.2, 0.25) is 0 Å². The molecule has 94 valence electrons. The van der Waals surface area contributed by atoms with Crippen molar-refractivity contribution in [2.24, 2.45) is 0 Å².